The normalized spacial score (nSPS) is 18.8. The van der Waals surface area contributed by atoms with E-state index >= 15 is 0 Å². The zero-order chi connectivity index (χ0) is 14.7. The first-order valence-corrected chi connectivity index (χ1v) is 6.88. The molecular formula is C15H22N2O3. The van der Waals surface area contributed by atoms with Crippen LogP contribution in [0.25, 0.3) is 0 Å². The van der Waals surface area contributed by atoms with E-state index in [2.05, 4.69) is 0 Å². The first-order chi connectivity index (χ1) is 9.49. The maximum absolute atomic E-state index is 12.1. The highest BCUT2D eigenvalue weighted by Gasteiger charge is 2.26. The van der Waals surface area contributed by atoms with Crippen LogP contribution in [0.3, 0.4) is 0 Å². The summed E-state index contributed by atoms with van der Waals surface area (Å²) in [4.78, 5) is 13.7. The molecule has 1 unspecified atom stereocenters. The number of nitrogens with two attached hydrogens (primary N) is 1. The summed E-state index contributed by atoms with van der Waals surface area (Å²) in [6, 6.07) is 7.06. The fourth-order valence-electron chi connectivity index (χ4n) is 2.09. The predicted octanol–water partition coefficient (Wildman–Crippen LogP) is 1.27. The third-order valence-corrected chi connectivity index (χ3v) is 3.42. The molecule has 1 amide bonds. The van der Waals surface area contributed by atoms with Crippen LogP contribution in [0.1, 0.15) is 13.8 Å². The van der Waals surface area contributed by atoms with E-state index in [1.165, 1.54) is 0 Å². The van der Waals surface area contributed by atoms with E-state index in [1.54, 1.807) is 11.9 Å². The topological polar surface area (TPSA) is 64.8 Å². The number of carbonyl (C=O) groups excluding carboxylic acids is 1. The molecule has 1 aliphatic heterocycles. The molecule has 0 aromatic heterocycles. The number of rotatable bonds is 4. The van der Waals surface area contributed by atoms with Gasteiger partial charge in [-0.2, -0.15) is 0 Å². The minimum Gasteiger partial charge on any atom is -0.486 e. The van der Waals surface area contributed by atoms with E-state index in [0.717, 1.165) is 11.5 Å². The van der Waals surface area contributed by atoms with E-state index in [0.29, 0.717) is 13.2 Å². The Kier molecular flexibility index (Phi) is 4.49. The summed E-state index contributed by atoms with van der Waals surface area (Å²) in [7, 11) is 1.74. The first-order valence-electron chi connectivity index (χ1n) is 6.88. The summed E-state index contributed by atoms with van der Waals surface area (Å²) in [5.41, 5.74) is 5.88. The van der Waals surface area contributed by atoms with Gasteiger partial charge in [0.15, 0.2) is 17.6 Å². The van der Waals surface area contributed by atoms with Gasteiger partial charge in [-0.15, -0.1) is 0 Å². The molecule has 1 aromatic rings. The van der Waals surface area contributed by atoms with Gasteiger partial charge < -0.3 is 20.1 Å². The van der Waals surface area contributed by atoms with Gasteiger partial charge in [0.1, 0.15) is 6.61 Å². The van der Waals surface area contributed by atoms with Crippen molar-refractivity contribution in [2.75, 3.05) is 20.2 Å². The number of fused-ring (bicyclic) bond motifs is 1. The maximum Gasteiger partial charge on any atom is 0.239 e. The lowest BCUT2D eigenvalue weighted by Crippen LogP contribution is -2.49. The van der Waals surface area contributed by atoms with Crippen LogP contribution < -0.4 is 15.2 Å². The third-order valence-electron chi connectivity index (χ3n) is 3.42. The van der Waals surface area contributed by atoms with Crippen molar-refractivity contribution >= 4 is 5.91 Å². The molecule has 2 N–H and O–H groups in total. The second kappa shape index (κ2) is 6.13. The summed E-state index contributed by atoms with van der Waals surface area (Å²) >= 11 is 0. The number of nitrogens with zero attached hydrogens (tertiary/aromatic N) is 1. The Labute approximate surface area is 119 Å². The molecule has 110 valence electrons. The Balaban J connectivity index is 1.93. The number of benzene rings is 1. The summed E-state index contributed by atoms with van der Waals surface area (Å²) in [5, 5.41) is 0. The average Bonchev–Trinajstić information content (AvgIpc) is 2.45. The second-order valence-corrected chi connectivity index (χ2v) is 5.49. The molecule has 20 heavy (non-hydrogen) atoms. The smallest absolute Gasteiger partial charge is 0.239 e. The standard InChI is InChI=1S/C15H22N2O3/c1-10(2)14(16)15(18)17(3)8-11-9-19-12-6-4-5-7-13(12)20-11/h4-7,10-11,14H,8-9,16H2,1-3H3/t11?,14-/m1/s1. The number of hydrogen-bond acceptors (Lipinski definition) is 4. The third kappa shape index (κ3) is 3.22. The molecule has 2 atom stereocenters. The van der Waals surface area contributed by atoms with Crippen molar-refractivity contribution in [3.8, 4) is 11.5 Å². The van der Waals surface area contributed by atoms with Crippen LogP contribution in [0.5, 0.6) is 11.5 Å². The van der Waals surface area contributed by atoms with E-state index in [1.807, 2.05) is 38.1 Å². The fraction of sp³-hybridized carbons (Fsp3) is 0.533. The summed E-state index contributed by atoms with van der Waals surface area (Å²) in [5.74, 6) is 1.52. The maximum atomic E-state index is 12.1. The van der Waals surface area contributed by atoms with Crippen molar-refractivity contribution in [2.45, 2.75) is 26.0 Å². The Bertz CT molecular complexity index is 476. The quantitative estimate of drug-likeness (QED) is 0.900. The molecule has 5 heteroatoms. The number of carbonyl (C=O) groups is 1. The second-order valence-electron chi connectivity index (χ2n) is 5.49. The van der Waals surface area contributed by atoms with E-state index in [9.17, 15) is 4.79 Å². The molecule has 0 fully saturated rings. The zero-order valence-electron chi connectivity index (χ0n) is 12.2. The molecule has 0 radical (unpaired) electrons. The number of hydrogen-bond donors (Lipinski definition) is 1. The van der Waals surface area contributed by atoms with Gasteiger partial charge in [0.05, 0.1) is 12.6 Å². The molecule has 5 nitrogen and oxygen atoms in total. The lowest BCUT2D eigenvalue weighted by Gasteiger charge is -2.31. The SMILES string of the molecule is CC(C)[C@@H](N)C(=O)N(C)CC1COc2ccccc2O1. The number of ether oxygens (including phenoxy) is 2. The zero-order valence-corrected chi connectivity index (χ0v) is 12.2. The Morgan fingerprint density at radius 1 is 1.40 bits per heavy atom. The molecule has 2 rings (SSSR count). The molecule has 0 aliphatic carbocycles. The minimum absolute atomic E-state index is 0.0672. The summed E-state index contributed by atoms with van der Waals surface area (Å²) < 4.78 is 11.5. The van der Waals surface area contributed by atoms with Gasteiger partial charge in [-0.1, -0.05) is 26.0 Å². The largest absolute Gasteiger partial charge is 0.486 e. The summed E-state index contributed by atoms with van der Waals surface area (Å²) in [6.07, 6.45) is -0.168. The Morgan fingerprint density at radius 3 is 2.70 bits per heavy atom. The first kappa shape index (κ1) is 14.7. The molecule has 0 saturated heterocycles. The van der Waals surface area contributed by atoms with Gasteiger partial charge in [0.25, 0.3) is 0 Å². The molecule has 0 saturated carbocycles. The van der Waals surface area contributed by atoms with Crippen LogP contribution in [-0.4, -0.2) is 43.2 Å². The van der Waals surface area contributed by atoms with Gasteiger partial charge in [-0.25, -0.2) is 0 Å². The molecule has 0 spiro atoms. The molecular weight excluding hydrogens is 256 g/mol. The summed E-state index contributed by atoms with van der Waals surface area (Å²) in [6.45, 7) is 4.78. The van der Waals surface area contributed by atoms with Crippen molar-refractivity contribution in [1.29, 1.82) is 0 Å². The van der Waals surface area contributed by atoms with Crippen molar-refractivity contribution in [1.82, 2.24) is 4.90 Å². The van der Waals surface area contributed by atoms with E-state index < -0.39 is 6.04 Å². The average molecular weight is 278 g/mol. The lowest BCUT2D eigenvalue weighted by atomic mass is 10.0. The van der Waals surface area contributed by atoms with Crippen molar-refractivity contribution in [3.63, 3.8) is 0 Å². The molecule has 1 aromatic carbocycles. The molecule has 1 heterocycles. The Morgan fingerprint density at radius 2 is 2.05 bits per heavy atom. The Hall–Kier alpha value is -1.75. The highest BCUT2D eigenvalue weighted by molar-refractivity contribution is 5.81. The fourth-order valence-corrected chi connectivity index (χ4v) is 2.09. The van der Waals surface area contributed by atoms with Crippen LogP contribution in [0.4, 0.5) is 0 Å². The lowest BCUT2D eigenvalue weighted by molar-refractivity contribution is -0.133. The molecule has 0 bridgehead atoms. The predicted molar refractivity (Wildman–Crippen MR) is 76.8 cm³/mol. The molecule has 1 aliphatic rings. The van der Waals surface area contributed by atoms with Crippen LogP contribution >= 0.6 is 0 Å². The highest BCUT2D eigenvalue weighted by atomic mass is 16.6. The number of para-hydroxylation sites is 2. The van der Waals surface area contributed by atoms with E-state index in [-0.39, 0.29) is 17.9 Å². The van der Waals surface area contributed by atoms with Crippen molar-refractivity contribution in [2.24, 2.45) is 11.7 Å². The van der Waals surface area contributed by atoms with Crippen LogP contribution in [0.15, 0.2) is 24.3 Å². The highest BCUT2D eigenvalue weighted by Crippen LogP contribution is 2.30. The van der Waals surface area contributed by atoms with Crippen LogP contribution in [0.2, 0.25) is 0 Å². The van der Waals surface area contributed by atoms with Crippen molar-refractivity contribution < 1.29 is 14.3 Å². The van der Waals surface area contributed by atoms with Crippen LogP contribution in [-0.2, 0) is 4.79 Å². The van der Waals surface area contributed by atoms with E-state index in [4.69, 9.17) is 15.2 Å². The number of amides is 1. The monoisotopic (exact) mass is 278 g/mol. The van der Waals surface area contributed by atoms with Crippen LogP contribution in [0, 0.1) is 5.92 Å². The van der Waals surface area contributed by atoms with Crippen molar-refractivity contribution in [3.05, 3.63) is 24.3 Å². The van der Waals surface area contributed by atoms with Gasteiger partial charge >= 0.3 is 0 Å². The minimum atomic E-state index is -0.475. The van der Waals surface area contributed by atoms with Gasteiger partial charge in [-0.3, -0.25) is 4.79 Å². The van der Waals surface area contributed by atoms with Gasteiger partial charge in [0, 0.05) is 7.05 Å². The van der Waals surface area contributed by atoms with Gasteiger partial charge in [-0.05, 0) is 18.1 Å². The number of likely N-dealkylation sites (N-methyl/N-ethyl adjacent to an activating group) is 1. The van der Waals surface area contributed by atoms with Gasteiger partial charge in [0.2, 0.25) is 5.91 Å².